The van der Waals surface area contributed by atoms with Gasteiger partial charge in [0.05, 0.1) is 6.54 Å². The highest BCUT2D eigenvalue weighted by Crippen LogP contribution is 2.25. The first-order valence-corrected chi connectivity index (χ1v) is 6.92. The van der Waals surface area contributed by atoms with E-state index in [-0.39, 0.29) is 0 Å². The molecule has 1 fully saturated rings. The molecule has 1 aliphatic rings. The third-order valence-electron chi connectivity index (χ3n) is 3.87. The minimum atomic E-state index is -4.09. The molecule has 1 N–H and O–H groups in total. The van der Waals surface area contributed by atoms with Crippen LogP contribution in [-0.2, 0) is 0 Å². The van der Waals surface area contributed by atoms with E-state index in [2.05, 4.69) is 5.32 Å². The first-order chi connectivity index (χ1) is 8.46. The molecule has 0 heterocycles. The topological polar surface area (TPSA) is 15.3 Å². The molecule has 0 bridgehead atoms. The van der Waals surface area contributed by atoms with Crippen molar-refractivity contribution in [3.63, 3.8) is 0 Å². The maximum absolute atomic E-state index is 12.4. The number of alkyl halides is 3. The van der Waals surface area contributed by atoms with Crippen molar-refractivity contribution in [2.24, 2.45) is 5.92 Å². The Kier molecular flexibility index (Phi) is 6.43. The molecule has 0 amide bonds. The minimum Gasteiger partial charge on any atom is -0.317 e. The van der Waals surface area contributed by atoms with E-state index in [1.165, 1.54) is 17.7 Å². The maximum Gasteiger partial charge on any atom is 0.401 e. The van der Waals surface area contributed by atoms with Crippen molar-refractivity contribution in [2.45, 2.75) is 51.2 Å². The molecule has 0 aromatic rings. The molecule has 18 heavy (non-hydrogen) atoms. The predicted molar refractivity (Wildman–Crippen MR) is 67.6 cm³/mol. The Labute approximate surface area is 108 Å². The van der Waals surface area contributed by atoms with Crippen LogP contribution in [0.25, 0.3) is 0 Å². The molecule has 108 valence electrons. The lowest BCUT2D eigenvalue weighted by molar-refractivity contribution is -0.147. The number of nitrogens with one attached hydrogen (secondary N) is 1. The molecule has 0 aliphatic heterocycles. The number of hydrogen-bond acceptors (Lipinski definition) is 2. The van der Waals surface area contributed by atoms with Crippen molar-refractivity contribution in [1.29, 1.82) is 0 Å². The third kappa shape index (κ3) is 5.57. The number of hydrogen-bond donors (Lipinski definition) is 1. The van der Waals surface area contributed by atoms with Crippen LogP contribution in [0.5, 0.6) is 0 Å². The summed E-state index contributed by atoms with van der Waals surface area (Å²) in [5.74, 6) is 0.347. The van der Waals surface area contributed by atoms with E-state index in [9.17, 15) is 13.2 Å². The lowest BCUT2D eigenvalue weighted by Crippen LogP contribution is -2.43. The largest absolute Gasteiger partial charge is 0.401 e. The first kappa shape index (κ1) is 15.8. The molecule has 2 nitrogen and oxygen atoms in total. The van der Waals surface area contributed by atoms with Crippen LogP contribution in [0.4, 0.5) is 13.2 Å². The SMILES string of the molecule is CCN(CC1CCCCCC1NC)CC(F)(F)F. The molecule has 2 unspecified atom stereocenters. The fourth-order valence-electron chi connectivity index (χ4n) is 2.87. The molecule has 2 atom stereocenters. The molecule has 0 saturated heterocycles. The fourth-order valence-corrected chi connectivity index (χ4v) is 2.87. The van der Waals surface area contributed by atoms with Crippen LogP contribution in [0.1, 0.15) is 39.0 Å². The number of rotatable bonds is 5. The molecule has 1 saturated carbocycles. The standard InChI is InChI=1S/C13H25F3N2/c1-3-18(10-13(14,15)16)9-11-7-5-4-6-8-12(11)17-2/h11-12,17H,3-10H2,1-2H3. The Bertz CT molecular complexity index is 231. The predicted octanol–water partition coefficient (Wildman–Crippen LogP) is 3.04. The van der Waals surface area contributed by atoms with E-state index in [4.69, 9.17) is 0 Å². The van der Waals surface area contributed by atoms with E-state index in [1.807, 2.05) is 7.05 Å². The summed E-state index contributed by atoms with van der Waals surface area (Å²) in [6, 6.07) is 0.370. The maximum atomic E-state index is 12.4. The molecular formula is C13H25F3N2. The van der Waals surface area contributed by atoms with Crippen molar-refractivity contribution in [3.8, 4) is 0 Å². The molecule has 0 radical (unpaired) electrons. The highest BCUT2D eigenvalue weighted by Gasteiger charge is 2.32. The summed E-state index contributed by atoms with van der Waals surface area (Å²) < 4.78 is 37.3. The van der Waals surface area contributed by atoms with Gasteiger partial charge in [-0.1, -0.05) is 26.2 Å². The Morgan fingerprint density at radius 3 is 2.39 bits per heavy atom. The van der Waals surface area contributed by atoms with Crippen LogP contribution >= 0.6 is 0 Å². The Morgan fingerprint density at radius 1 is 1.17 bits per heavy atom. The van der Waals surface area contributed by atoms with Gasteiger partial charge < -0.3 is 5.32 Å². The summed E-state index contributed by atoms with van der Waals surface area (Å²) in [4.78, 5) is 1.53. The summed E-state index contributed by atoms with van der Waals surface area (Å²) in [6.45, 7) is 2.04. The molecule has 5 heteroatoms. The molecule has 0 spiro atoms. The summed E-state index contributed by atoms with van der Waals surface area (Å²) >= 11 is 0. The Morgan fingerprint density at radius 2 is 1.83 bits per heavy atom. The van der Waals surface area contributed by atoms with Gasteiger partial charge in [-0.05, 0) is 32.4 Å². The van der Waals surface area contributed by atoms with Crippen LogP contribution in [0.15, 0.2) is 0 Å². The molecule has 1 rings (SSSR count). The Balaban J connectivity index is 2.54. The highest BCUT2D eigenvalue weighted by atomic mass is 19.4. The third-order valence-corrected chi connectivity index (χ3v) is 3.87. The molecule has 0 aromatic carbocycles. The van der Waals surface area contributed by atoms with Crippen molar-refractivity contribution < 1.29 is 13.2 Å². The summed E-state index contributed by atoms with van der Waals surface area (Å²) in [5.41, 5.74) is 0. The van der Waals surface area contributed by atoms with Gasteiger partial charge in [-0.15, -0.1) is 0 Å². The van der Waals surface area contributed by atoms with Crippen molar-refractivity contribution >= 4 is 0 Å². The monoisotopic (exact) mass is 266 g/mol. The lowest BCUT2D eigenvalue weighted by atomic mass is 9.94. The zero-order chi connectivity index (χ0) is 13.6. The van der Waals surface area contributed by atoms with Crippen LogP contribution in [-0.4, -0.2) is 43.8 Å². The van der Waals surface area contributed by atoms with Crippen molar-refractivity contribution in [1.82, 2.24) is 10.2 Å². The quantitative estimate of drug-likeness (QED) is 0.769. The molecule has 1 aliphatic carbocycles. The van der Waals surface area contributed by atoms with E-state index in [0.29, 0.717) is 25.0 Å². The van der Waals surface area contributed by atoms with Gasteiger partial charge in [0, 0.05) is 12.6 Å². The highest BCUT2D eigenvalue weighted by molar-refractivity contribution is 4.81. The van der Waals surface area contributed by atoms with Gasteiger partial charge in [-0.25, -0.2) is 0 Å². The molecule has 0 aromatic heterocycles. The van der Waals surface area contributed by atoms with E-state index < -0.39 is 12.7 Å². The van der Waals surface area contributed by atoms with E-state index in [1.54, 1.807) is 6.92 Å². The summed E-state index contributed by atoms with van der Waals surface area (Å²) in [5, 5.41) is 3.28. The zero-order valence-electron chi connectivity index (χ0n) is 11.4. The minimum absolute atomic E-state index is 0.347. The first-order valence-electron chi connectivity index (χ1n) is 6.92. The smallest absolute Gasteiger partial charge is 0.317 e. The molecular weight excluding hydrogens is 241 g/mol. The zero-order valence-corrected chi connectivity index (χ0v) is 11.4. The normalized spacial score (nSPS) is 26.3. The van der Waals surface area contributed by atoms with Gasteiger partial charge >= 0.3 is 6.18 Å². The van der Waals surface area contributed by atoms with Crippen LogP contribution < -0.4 is 5.32 Å². The summed E-state index contributed by atoms with van der Waals surface area (Å²) in [6.07, 6.45) is 1.58. The van der Waals surface area contributed by atoms with Gasteiger partial charge in [-0.2, -0.15) is 13.2 Å². The van der Waals surface area contributed by atoms with Gasteiger partial charge in [0.2, 0.25) is 0 Å². The van der Waals surface area contributed by atoms with Crippen LogP contribution in [0.3, 0.4) is 0 Å². The van der Waals surface area contributed by atoms with E-state index >= 15 is 0 Å². The second kappa shape index (κ2) is 7.34. The van der Waals surface area contributed by atoms with Crippen molar-refractivity contribution in [3.05, 3.63) is 0 Å². The van der Waals surface area contributed by atoms with Crippen molar-refractivity contribution in [2.75, 3.05) is 26.7 Å². The number of halogens is 3. The van der Waals surface area contributed by atoms with Crippen LogP contribution in [0.2, 0.25) is 0 Å². The summed E-state index contributed by atoms with van der Waals surface area (Å²) in [7, 11) is 1.92. The Hall–Kier alpha value is -0.290. The lowest BCUT2D eigenvalue weighted by Gasteiger charge is -2.31. The van der Waals surface area contributed by atoms with Gasteiger partial charge in [0.25, 0.3) is 0 Å². The van der Waals surface area contributed by atoms with Gasteiger partial charge in [0.15, 0.2) is 0 Å². The van der Waals surface area contributed by atoms with Crippen LogP contribution in [0, 0.1) is 5.92 Å². The second-order valence-corrected chi connectivity index (χ2v) is 5.24. The van der Waals surface area contributed by atoms with Gasteiger partial charge in [0.1, 0.15) is 0 Å². The average molecular weight is 266 g/mol. The second-order valence-electron chi connectivity index (χ2n) is 5.24. The average Bonchev–Trinajstić information content (AvgIpc) is 2.51. The van der Waals surface area contributed by atoms with Gasteiger partial charge in [-0.3, -0.25) is 4.90 Å². The number of nitrogens with zero attached hydrogens (tertiary/aromatic N) is 1. The fraction of sp³-hybridized carbons (Fsp3) is 1.00. The van der Waals surface area contributed by atoms with E-state index in [0.717, 1.165) is 19.3 Å².